The van der Waals surface area contributed by atoms with Gasteiger partial charge in [0.25, 0.3) is 5.95 Å². The third-order valence-corrected chi connectivity index (χ3v) is 3.42. The molecule has 9 heteroatoms. The zero-order valence-electron chi connectivity index (χ0n) is 13.0. The van der Waals surface area contributed by atoms with E-state index in [0.29, 0.717) is 11.3 Å². The van der Waals surface area contributed by atoms with Crippen molar-refractivity contribution in [1.29, 1.82) is 0 Å². The van der Waals surface area contributed by atoms with Gasteiger partial charge in [0.05, 0.1) is 19.4 Å². The van der Waals surface area contributed by atoms with Gasteiger partial charge in [0, 0.05) is 17.8 Å². The van der Waals surface area contributed by atoms with Crippen molar-refractivity contribution in [2.24, 2.45) is 0 Å². The van der Waals surface area contributed by atoms with Crippen LogP contribution in [0.3, 0.4) is 0 Å². The maximum Gasteiger partial charge on any atom is 0.435 e. The van der Waals surface area contributed by atoms with Crippen molar-refractivity contribution in [2.45, 2.75) is 12.8 Å². The van der Waals surface area contributed by atoms with E-state index in [-0.39, 0.29) is 18.4 Å². The molecule has 0 spiro atoms. The van der Waals surface area contributed by atoms with E-state index in [2.05, 4.69) is 15.1 Å². The third-order valence-electron chi connectivity index (χ3n) is 3.42. The molecule has 0 unspecified atom stereocenters. The first-order valence-electron chi connectivity index (χ1n) is 7.17. The monoisotopic (exact) mass is 350 g/mol. The van der Waals surface area contributed by atoms with Gasteiger partial charge in [0.2, 0.25) is 5.88 Å². The van der Waals surface area contributed by atoms with Gasteiger partial charge < -0.3 is 9.84 Å². The van der Waals surface area contributed by atoms with Crippen molar-refractivity contribution in [3.63, 3.8) is 0 Å². The molecule has 0 amide bonds. The Bertz CT molecular complexity index is 876. The molecule has 0 saturated heterocycles. The van der Waals surface area contributed by atoms with Crippen LogP contribution in [-0.2, 0) is 12.8 Å². The molecule has 25 heavy (non-hydrogen) atoms. The average Bonchev–Trinajstić information content (AvgIpc) is 3.12. The highest BCUT2D eigenvalue weighted by atomic mass is 19.4. The number of nitrogens with zero attached hydrogens (tertiary/aromatic N) is 4. The van der Waals surface area contributed by atoms with Crippen LogP contribution in [0.25, 0.3) is 17.2 Å². The highest BCUT2D eigenvalue weighted by Gasteiger charge is 2.33. The molecule has 0 bridgehead atoms. The molecule has 2 aromatic heterocycles. The Morgan fingerprint density at radius 1 is 1.12 bits per heavy atom. The predicted molar refractivity (Wildman–Crippen MR) is 82.1 cm³/mol. The molecule has 0 aliphatic rings. The standard InChI is InChI=1S/C16H13F3N4O2/c1-25-14-8-12(11-4-2-10(9-24)3-5-11)20-15(21-14)23-7-6-13(22-23)16(17,18)19/h2-8,24H,9H2,1H3. The van der Waals surface area contributed by atoms with Crippen LogP contribution in [-0.4, -0.2) is 32.0 Å². The summed E-state index contributed by atoms with van der Waals surface area (Å²) in [6, 6.07) is 9.32. The molecule has 0 fully saturated rings. The van der Waals surface area contributed by atoms with Crippen LogP contribution >= 0.6 is 0 Å². The number of aromatic nitrogens is 4. The normalized spacial score (nSPS) is 11.6. The van der Waals surface area contributed by atoms with Gasteiger partial charge in [0.1, 0.15) is 0 Å². The Hall–Kier alpha value is -2.94. The maximum absolute atomic E-state index is 12.7. The lowest BCUT2D eigenvalue weighted by molar-refractivity contribution is -0.141. The number of aliphatic hydroxyl groups excluding tert-OH is 1. The average molecular weight is 350 g/mol. The smallest absolute Gasteiger partial charge is 0.435 e. The van der Waals surface area contributed by atoms with Crippen LogP contribution in [0.2, 0.25) is 0 Å². The highest BCUT2D eigenvalue weighted by Crippen LogP contribution is 2.28. The Kier molecular flexibility index (Phi) is 4.41. The highest BCUT2D eigenvalue weighted by molar-refractivity contribution is 5.61. The number of ether oxygens (including phenoxy) is 1. The Labute approximate surface area is 140 Å². The zero-order chi connectivity index (χ0) is 18.0. The minimum atomic E-state index is -4.55. The molecule has 0 aliphatic carbocycles. The molecule has 1 N–H and O–H groups in total. The molecule has 2 heterocycles. The SMILES string of the molecule is COc1cc(-c2ccc(CO)cc2)nc(-n2ccc(C(F)(F)F)n2)n1. The minimum absolute atomic E-state index is 0.0453. The summed E-state index contributed by atoms with van der Waals surface area (Å²) in [5, 5.41) is 12.6. The molecule has 6 nitrogen and oxygen atoms in total. The molecule has 3 aromatic rings. The van der Waals surface area contributed by atoms with Crippen LogP contribution < -0.4 is 4.74 Å². The van der Waals surface area contributed by atoms with E-state index < -0.39 is 11.9 Å². The van der Waals surface area contributed by atoms with E-state index in [1.165, 1.54) is 7.11 Å². The summed E-state index contributed by atoms with van der Waals surface area (Å²) in [6.45, 7) is -0.0911. The Morgan fingerprint density at radius 2 is 1.84 bits per heavy atom. The fourth-order valence-corrected chi connectivity index (χ4v) is 2.14. The summed E-state index contributed by atoms with van der Waals surface area (Å²) in [6.07, 6.45) is -3.41. The van der Waals surface area contributed by atoms with E-state index in [1.807, 2.05) is 0 Å². The third kappa shape index (κ3) is 3.61. The number of halogens is 3. The van der Waals surface area contributed by atoms with Crippen molar-refractivity contribution in [2.75, 3.05) is 7.11 Å². The molecular formula is C16H13F3N4O2. The lowest BCUT2D eigenvalue weighted by Crippen LogP contribution is -2.09. The number of hydrogen-bond donors (Lipinski definition) is 1. The molecule has 0 radical (unpaired) electrons. The Morgan fingerprint density at radius 3 is 2.40 bits per heavy atom. The first-order chi connectivity index (χ1) is 11.9. The summed E-state index contributed by atoms with van der Waals surface area (Å²) in [5.74, 6) is 0.145. The maximum atomic E-state index is 12.7. The molecule has 0 atom stereocenters. The summed E-state index contributed by atoms with van der Waals surface area (Å²) in [4.78, 5) is 8.29. The van der Waals surface area contributed by atoms with Crippen LogP contribution in [0, 0.1) is 0 Å². The van der Waals surface area contributed by atoms with E-state index in [4.69, 9.17) is 9.84 Å². The predicted octanol–water partition coefficient (Wildman–Crippen LogP) is 2.85. The lowest BCUT2D eigenvalue weighted by Gasteiger charge is -2.08. The first kappa shape index (κ1) is 16.9. The van der Waals surface area contributed by atoms with Gasteiger partial charge in [-0.3, -0.25) is 0 Å². The summed E-state index contributed by atoms with van der Waals surface area (Å²) in [5.41, 5.74) is 0.845. The molecule has 1 aromatic carbocycles. The van der Waals surface area contributed by atoms with E-state index in [9.17, 15) is 13.2 Å². The second-order valence-corrected chi connectivity index (χ2v) is 5.09. The topological polar surface area (TPSA) is 73.1 Å². The van der Waals surface area contributed by atoms with Gasteiger partial charge in [-0.1, -0.05) is 24.3 Å². The van der Waals surface area contributed by atoms with E-state index in [0.717, 1.165) is 22.5 Å². The fraction of sp³-hybridized carbons (Fsp3) is 0.188. The van der Waals surface area contributed by atoms with Gasteiger partial charge in [-0.05, 0) is 11.6 Å². The van der Waals surface area contributed by atoms with Crippen molar-refractivity contribution < 1.29 is 23.0 Å². The Balaban J connectivity index is 2.04. The molecule has 130 valence electrons. The number of hydrogen-bond acceptors (Lipinski definition) is 5. The first-order valence-corrected chi connectivity index (χ1v) is 7.17. The molecule has 0 saturated carbocycles. The largest absolute Gasteiger partial charge is 0.481 e. The second kappa shape index (κ2) is 6.52. The lowest BCUT2D eigenvalue weighted by atomic mass is 10.1. The summed E-state index contributed by atoms with van der Waals surface area (Å²) in [7, 11) is 1.40. The number of rotatable bonds is 4. The number of methoxy groups -OCH3 is 1. The van der Waals surface area contributed by atoms with Crippen molar-refractivity contribution in [3.05, 3.63) is 53.9 Å². The van der Waals surface area contributed by atoms with Gasteiger partial charge in [0.15, 0.2) is 5.69 Å². The zero-order valence-corrected chi connectivity index (χ0v) is 13.0. The van der Waals surface area contributed by atoms with Gasteiger partial charge in [-0.2, -0.15) is 23.3 Å². The number of benzene rings is 1. The summed E-state index contributed by atoms with van der Waals surface area (Å²) < 4.78 is 44.2. The molecular weight excluding hydrogens is 337 g/mol. The van der Waals surface area contributed by atoms with Gasteiger partial charge in [-0.25, -0.2) is 9.67 Å². The number of alkyl halides is 3. The second-order valence-electron chi connectivity index (χ2n) is 5.09. The van der Waals surface area contributed by atoms with Crippen LogP contribution in [0.5, 0.6) is 5.88 Å². The number of aliphatic hydroxyl groups is 1. The van der Waals surface area contributed by atoms with Crippen LogP contribution in [0.15, 0.2) is 42.6 Å². The summed E-state index contributed by atoms with van der Waals surface area (Å²) >= 11 is 0. The minimum Gasteiger partial charge on any atom is -0.481 e. The van der Waals surface area contributed by atoms with Gasteiger partial charge in [-0.15, -0.1) is 0 Å². The molecule has 3 rings (SSSR count). The van der Waals surface area contributed by atoms with Crippen molar-refractivity contribution >= 4 is 0 Å². The van der Waals surface area contributed by atoms with Crippen LogP contribution in [0.1, 0.15) is 11.3 Å². The van der Waals surface area contributed by atoms with E-state index in [1.54, 1.807) is 30.3 Å². The van der Waals surface area contributed by atoms with E-state index >= 15 is 0 Å². The quantitative estimate of drug-likeness (QED) is 0.783. The molecule has 0 aliphatic heterocycles. The van der Waals surface area contributed by atoms with Crippen molar-refractivity contribution in [3.8, 4) is 23.1 Å². The van der Waals surface area contributed by atoms with Crippen LogP contribution in [0.4, 0.5) is 13.2 Å². The fourth-order valence-electron chi connectivity index (χ4n) is 2.14. The van der Waals surface area contributed by atoms with Crippen molar-refractivity contribution in [1.82, 2.24) is 19.7 Å². The van der Waals surface area contributed by atoms with Gasteiger partial charge >= 0.3 is 6.18 Å².